The van der Waals surface area contributed by atoms with Gasteiger partial charge in [-0.15, -0.1) is 11.3 Å². The molecule has 0 aliphatic carbocycles. The smallest absolute Gasteiger partial charge is 0.263 e. The second kappa shape index (κ2) is 9.62. The summed E-state index contributed by atoms with van der Waals surface area (Å²) in [5, 5.41) is 8.92. The van der Waals surface area contributed by atoms with Gasteiger partial charge in [-0.05, 0) is 42.8 Å². The molecule has 30 heavy (non-hydrogen) atoms. The molecule has 0 radical (unpaired) electrons. The van der Waals surface area contributed by atoms with Crippen LogP contribution in [0.25, 0.3) is 11.4 Å². The third kappa shape index (κ3) is 4.91. The first kappa shape index (κ1) is 20.2. The van der Waals surface area contributed by atoms with Gasteiger partial charge in [0.15, 0.2) is 0 Å². The van der Waals surface area contributed by atoms with Crippen LogP contribution in [0.15, 0.2) is 46.6 Å². The van der Waals surface area contributed by atoms with Crippen LogP contribution in [0.4, 0.5) is 0 Å². The number of nitrogens with one attached hydrogen (secondary N) is 1. The zero-order valence-corrected chi connectivity index (χ0v) is 17.3. The Morgan fingerprint density at radius 2 is 2.17 bits per heavy atom. The number of rotatable bonds is 3. The fourth-order valence-electron chi connectivity index (χ4n) is 3.51. The normalized spacial score (nSPS) is 18.5. The van der Waals surface area contributed by atoms with E-state index in [1.807, 2.05) is 29.6 Å². The van der Waals surface area contributed by atoms with Crippen molar-refractivity contribution in [2.24, 2.45) is 0 Å². The van der Waals surface area contributed by atoms with Crippen molar-refractivity contribution in [3.05, 3.63) is 52.8 Å². The molecule has 1 aliphatic heterocycles. The third-order valence-corrected chi connectivity index (χ3v) is 5.99. The summed E-state index contributed by atoms with van der Waals surface area (Å²) in [6.07, 6.45) is 5.98. The lowest BCUT2D eigenvalue weighted by Crippen LogP contribution is -2.35. The van der Waals surface area contributed by atoms with Gasteiger partial charge >= 0.3 is 0 Å². The number of nitrogens with zero attached hydrogens (tertiary/aromatic N) is 4. The molecule has 1 saturated heterocycles. The number of hydrogen-bond acceptors (Lipinski definition) is 7. The van der Waals surface area contributed by atoms with Crippen molar-refractivity contribution in [1.29, 1.82) is 0 Å². The van der Waals surface area contributed by atoms with Crippen LogP contribution in [0.2, 0.25) is 0 Å². The van der Waals surface area contributed by atoms with Gasteiger partial charge in [-0.3, -0.25) is 14.6 Å². The van der Waals surface area contributed by atoms with Gasteiger partial charge in [0, 0.05) is 49.9 Å². The minimum absolute atomic E-state index is 0.0139. The average molecular weight is 426 g/mol. The summed E-state index contributed by atoms with van der Waals surface area (Å²) in [6.45, 7) is 1.54. The Bertz CT molecular complexity index is 974. The largest absolute Gasteiger partial charge is 0.356 e. The molecular formula is C21H23N5O3S. The molecule has 1 unspecified atom stereocenters. The van der Waals surface area contributed by atoms with Gasteiger partial charge in [0.1, 0.15) is 0 Å². The number of carbonyl (C=O) groups excluding carboxylic acids is 2. The molecule has 3 aromatic heterocycles. The van der Waals surface area contributed by atoms with Gasteiger partial charge in [-0.25, -0.2) is 0 Å². The van der Waals surface area contributed by atoms with Gasteiger partial charge in [0.2, 0.25) is 17.6 Å². The van der Waals surface area contributed by atoms with Crippen molar-refractivity contribution in [2.75, 3.05) is 19.6 Å². The number of amides is 2. The molecule has 1 atom stereocenters. The molecule has 4 heterocycles. The number of pyridine rings is 1. The van der Waals surface area contributed by atoms with E-state index in [0.717, 1.165) is 18.4 Å². The molecule has 0 aromatic carbocycles. The monoisotopic (exact) mass is 425 g/mol. The Morgan fingerprint density at radius 1 is 1.23 bits per heavy atom. The van der Waals surface area contributed by atoms with Crippen LogP contribution in [-0.4, -0.2) is 51.5 Å². The van der Waals surface area contributed by atoms with Crippen molar-refractivity contribution in [3.8, 4) is 11.4 Å². The Morgan fingerprint density at radius 3 is 2.97 bits per heavy atom. The van der Waals surface area contributed by atoms with Crippen molar-refractivity contribution in [1.82, 2.24) is 25.3 Å². The summed E-state index contributed by atoms with van der Waals surface area (Å²) in [7, 11) is 0. The molecule has 4 rings (SSSR count). The highest BCUT2D eigenvalue weighted by molar-refractivity contribution is 7.12. The van der Waals surface area contributed by atoms with E-state index >= 15 is 0 Å². The van der Waals surface area contributed by atoms with Crippen molar-refractivity contribution >= 4 is 23.2 Å². The van der Waals surface area contributed by atoms with E-state index in [0.29, 0.717) is 49.1 Å². The molecule has 0 saturated carbocycles. The van der Waals surface area contributed by atoms with E-state index in [2.05, 4.69) is 20.4 Å². The Labute approximate surface area is 178 Å². The van der Waals surface area contributed by atoms with Crippen LogP contribution in [-0.2, 0) is 4.79 Å². The third-order valence-electron chi connectivity index (χ3n) is 5.13. The minimum Gasteiger partial charge on any atom is -0.356 e. The zero-order chi connectivity index (χ0) is 20.8. The highest BCUT2D eigenvalue weighted by atomic mass is 32.1. The lowest BCUT2D eigenvalue weighted by atomic mass is 9.99. The van der Waals surface area contributed by atoms with Gasteiger partial charge in [-0.1, -0.05) is 11.2 Å². The molecule has 1 N–H and O–H groups in total. The van der Waals surface area contributed by atoms with Crippen LogP contribution in [0.5, 0.6) is 0 Å². The molecular weight excluding hydrogens is 402 g/mol. The lowest BCUT2D eigenvalue weighted by Gasteiger charge is -2.22. The maximum Gasteiger partial charge on any atom is 0.263 e. The minimum atomic E-state index is -0.0544. The van der Waals surface area contributed by atoms with Crippen LogP contribution in [0, 0.1) is 0 Å². The van der Waals surface area contributed by atoms with E-state index in [1.54, 1.807) is 17.3 Å². The van der Waals surface area contributed by atoms with Crippen LogP contribution in [0.3, 0.4) is 0 Å². The van der Waals surface area contributed by atoms with Crippen LogP contribution in [0.1, 0.15) is 47.2 Å². The number of carbonyl (C=O) groups is 2. The summed E-state index contributed by atoms with van der Waals surface area (Å²) in [5.74, 6) is 0.996. The molecule has 0 spiro atoms. The summed E-state index contributed by atoms with van der Waals surface area (Å²) in [5.41, 5.74) is 0.796. The maximum atomic E-state index is 12.8. The fraction of sp³-hybridized carbons (Fsp3) is 0.381. The van der Waals surface area contributed by atoms with E-state index in [9.17, 15) is 9.59 Å². The Balaban J connectivity index is 1.47. The molecule has 1 fully saturated rings. The maximum absolute atomic E-state index is 12.8. The molecule has 2 amide bonds. The topological polar surface area (TPSA) is 101 Å². The molecule has 0 bridgehead atoms. The number of aromatic nitrogens is 3. The molecule has 9 heteroatoms. The summed E-state index contributed by atoms with van der Waals surface area (Å²) in [4.78, 5) is 36.1. The second-order valence-corrected chi connectivity index (χ2v) is 8.14. The van der Waals surface area contributed by atoms with Gasteiger partial charge in [0.05, 0.1) is 4.88 Å². The van der Waals surface area contributed by atoms with E-state index < -0.39 is 0 Å². The molecule has 1 aliphatic rings. The first-order valence-corrected chi connectivity index (χ1v) is 10.9. The molecule has 8 nitrogen and oxygen atoms in total. The van der Waals surface area contributed by atoms with E-state index in [-0.39, 0.29) is 17.7 Å². The van der Waals surface area contributed by atoms with Crippen molar-refractivity contribution in [2.45, 2.75) is 31.6 Å². The average Bonchev–Trinajstić information content (AvgIpc) is 3.46. The number of hydrogen-bond donors (Lipinski definition) is 1. The predicted octanol–water partition coefficient (Wildman–Crippen LogP) is 3.11. The quantitative estimate of drug-likeness (QED) is 0.692. The highest BCUT2D eigenvalue weighted by Crippen LogP contribution is 2.26. The Kier molecular flexibility index (Phi) is 6.48. The van der Waals surface area contributed by atoms with Crippen LogP contribution < -0.4 is 5.32 Å². The summed E-state index contributed by atoms with van der Waals surface area (Å²) >= 11 is 1.42. The van der Waals surface area contributed by atoms with Crippen LogP contribution >= 0.6 is 11.3 Å². The van der Waals surface area contributed by atoms with Gasteiger partial charge in [0.25, 0.3) is 5.91 Å². The lowest BCUT2D eigenvalue weighted by molar-refractivity contribution is -0.121. The van der Waals surface area contributed by atoms with Crippen molar-refractivity contribution in [3.63, 3.8) is 0 Å². The highest BCUT2D eigenvalue weighted by Gasteiger charge is 2.23. The second-order valence-electron chi connectivity index (χ2n) is 7.20. The van der Waals surface area contributed by atoms with Gasteiger partial charge in [-0.2, -0.15) is 4.98 Å². The summed E-state index contributed by atoms with van der Waals surface area (Å²) < 4.78 is 5.54. The SMILES string of the molecule is O=C1CCN(C(=O)c2cccs2)CCCC(c2nc(-c3cccnc3)no2)CCN1. The first-order chi connectivity index (χ1) is 14.7. The Hall–Kier alpha value is -3.07. The van der Waals surface area contributed by atoms with E-state index in [4.69, 9.17) is 4.52 Å². The van der Waals surface area contributed by atoms with E-state index in [1.165, 1.54) is 11.3 Å². The molecule has 3 aromatic rings. The van der Waals surface area contributed by atoms with Crippen molar-refractivity contribution < 1.29 is 14.1 Å². The predicted molar refractivity (Wildman–Crippen MR) is 112 cm³/mol. The summed E-state index contributed by atoms with van der Waals surface area (Å²) in [6, 6.07) is 7.39. The number of thiophene rings is 1. The first-order valence-electron chi connectivity index (χ1n) is 10.0. The molecule has 156 valence electrons. The zero-order valence-electron chi connectivity index (χ0n) is 16.5. The standard InChI is InChI=1S/C21H23N5O3S/c27-18-8-12-26(21(28)17-6-3-13-30-17)11-2-5-15(7-10-23-18)20-24-19(25-29-20)16-4-1-9-22-14-16/h1,3-4,6,9,13-15H,2,5,7-8,10-12H2,(H,23,27). The fourth-order valence-corrected chi connectivity index (χ4v) is 4.21. The van der Waals surface area contributed by atoms with Gasteiger partial charge < -0.3 is 14.7 Å².